The molecule has 1 aromatic carbocycles. The highest BCUT2D eigenvalue weighted by atomic mass is 16.1. The Morgan fingerprint density at radius 3 is 2.65 bits per heavy atom. The molecule has 2 aromatic rings. The number of nitrogens with one attached hydrogen (secondary N) is 1. The third-order valence-corrected chi connectivity index (χ3v) is 4.82. The minimum Gasteiger partial charge on any atom is -0.324 e. The summed E-state index contributed by atoms with van der Waals surface area (Å²) in [7, 11) is 0. The third kappa shape index (κ3) is 2.37. The molecule has 1 N–H and O–H groups in total. The van der Waals surface area contributed by atoms with Gasteiger partial charge in [0.2, 0.25) is 5.91 Å². The van der Waals surface area contributed by atoms with E-state index in [2.05, 4.69) is 44.5 Å². The molecule has 0 saturated carbocycles. The fraction of sp³-hybridized carbons (Fsp3) is 0.0952. The zero-order valence-electron chi connectivity index (χ0n) is 14.0. The van der Waals surface area contributed by atoms with Crippen molar-refractivity contribution in [1.29, 1.82) is 0 Å². The number of allylic oxidation sites excluding steroid dienone is 1. The predicted molar refractivity (Wildman–Crippen MR) is 99.9 cm³/mol. The Morgan fingerprint density at radius 1 is 1.00 bits per heavy atom. The summed E-state index contributed by atoms with van der Waals surface area (Å²) in [6.45, 7) is 0.819. The van der Waals surface area contributed by atoms with Gasteiger partial charge in [-0.1, -0.05) is 30.3 Å². The summed E-state index contributed by atoms with van der Waals surface area (Å²) in [5.41, 5.74) is 6.29. The van der Waals surface area contributed by atoms with E-state index in [0.717, 1.165) is 52.5 Å². The van der Waals surface area contributed by atoms with Crippen LogP contribution in [0.1, 0.15) is 12.0 Å². The number of carbonyl (C=O) groups excluding carboxylic acids is 1. The molecule has 0 bridgehead atoms. The van der Waals surface area contributed by atoms with Crippen molar-refractivity contribution in [2.24, 2.45) is 4.99 Å². The van der Waals surface area contributed by atoms with Crippen LogP contribution >= 0.6 is 0 Å². The maximum Gasteiger partial charge on any atom is 0.248 e. The van der Waals surface area contributed by atoms with Gasteiger partial charge in [0.05, 0.1) is 5.70 Å². The van der Waals surface area contributed by atoms with Crippen LogP contribution in [-0.4, -0.2) is 28.2 Å². The van der Waals surface area contributed by atoms with Crippen LogP contribution in [0.4, 0.5) is 0 Å². The van der Waals surface area contributed by atoms with Crippen LogP contribution in [0.5, 0.6) is 0 Å². The normalized spacial score (nSPS) is 18.2. The molecular weight excluding hydrogens is 324 g/mol. The van der Waals surface area contributed by atoms with Crippen LogP contribution in [0.25, 0.3) is 11.1 Å². The maximum absolute atomic E-state index is 11.8. The van der Waals surface area contributed by atoms with Gasteiger partial charge in [-0.25, -0.2) is 4.99 Å². The quantitative estimate of drug-likeness (QED) is 0.914. The first kappa shape index (κ1) is 14.8. The summed E-state index contributed by atoms with van der Waals surface area (Å²) in [5, 5.41) is 2.98. The van der Waals surface area contributed by atoms with Gasteiger partial charge in [0.15, 0.2) is 0 Å². The van der Waals surface area contributed by atoms with Crippen LogP contribution < -0.4 is 5.32 Å². The first-order chi connectivity index (χ1) is 12.8. The van der Waals surface area contributed by atoms with Crippen LogP contribution in [0.15, 0.2) is 89.1 Å². The maximum atomic E-state index is 11.8. The Bertz CT molecular complexity index is 1010. The Labute approximate surface area is 151 Å². The van der Waals surface area contributed by atoms with Gasteiger partial charge in [0.25, 0.3) is 0 Å². The van der Waals surface area contributed by atoms with E-state index in [9.17, 15) is 4.79 Å². The number of hydrogen-bond donors (Lipinski definition) is 1. The third-order valence-electron chi connectivity index (χ3n) is 4.82. The van der Waals surface area contributed by atoms with E-state index >= 15 is 0 Å². The van der Waals surface area contributed by atoms with Gasteiger partial charge in [-0.3, -0.25) is 9.78 Å². The fourth-order valence-corrected chi connectivity index (χ4v) is 3.60. The summed E-state index contributed by atoms with van der Waals surface area (Å²) in [4.78, 5) is 22.9. The Kier molecular flexibility index (Phi) is 3.31. The van der Waals surface area contributed by atoms with Crippen LogP contribution in [-0.2, 0) is 4.79 Å². The molecule has 5 rings (SSSR count). The predicted octanol–water partition coefficient (Wildman–Crippen LogP) is 3.00. The van der Waals surface area contributed by atoms with Crippen molar-refractivity contribution in [2.75, 3.05) is 6.54 Å². The van der Waals surface area contributed by atoms with E-state index in [1.54, 1.807) is 12.3 Å². The molecule has 3 aliphatic rings. The highest BCUT2D eigenvalue weighted by Gasteiger charge is 2.32. The monoisotopic (exact) mass is 340 g/mol. The molecule has 0 aliphatic carbocycles. The molecule has 0 spiro atoms. The number of benzene rings is 1. The highest BCUT2D eigenvalue weighted by Crippen LogP contribution is 2.34. The second kappa shape index (κ2) is 5.81. The van der Waals surface area contributed by atoms with Crippen molar-refractivity contribution >= 4 is 11.7 Å². The number of aromatic nitrogens is 1. The van der Waals surface area contributed by atoms with E-state index in [1.807, 2.05) is 30.6 Å². The summed E-state index contributed by atoms with van der Waals surface area (Å²) in [6.07, 6.45) is 9.69. The molecule has 5 heteroatoms. The second-order valence-electron chi connectivity index (χ2n) is 6.41. The van der Waals surface area contributed by atoms with Gasteiger partial charge in [-0.15, -0.1) is 0 Å². The fourth-order valence-electron chi connectivity index (χ4n) is 3.60. The molecule has 0 fully saturated rings. The molecular formula is C21H16N4O. The molecule has 0 saturated heterocycles. The highest BCUT2D eigenvalue weighted by molar-refractivity contribution is 6.03. The smallest absolute Gasteiger partial charge is 0.248 e. The van der Waals surface area contributed by atoms with E-state index in [-0.39, 0.29) is 5.91 Å². The molecule has 5 nitrogen and oxygen atoms in total. The van der Waals surface area contributed by atoms with Crippen molar-refractivity contribution in [3.63, 3.8) is 0 Å². The van der Waals surface area contributed by atoms with Crippen molar-refractivity contribution in [1.82, 2.24) is 15.2 Å². The largest absolute Gasteiger partial charge is 0.324 e. The van der Waals surface area contributed by atoms with E-state index < -0.39 is 0 Å². The number of carbonyl (C=O) groups is 1. The van der Waals surface area contributed by atoms with Gasteiger partial charge in [0.1, 0.15) is 5.84 Å². The summed E-state index contributed by atoms with van der Waals surface area (Å²) in [5.74, 6) is 0.841. The Balaban J connectivity index is 1.52. The van der Waals surface area contributed by atoms with Crippen molar-refractivity contribution in [2.45, 2.75) is 6.42 Å². The summed E-state index contributed by atoms with van der Waals surface area (Å²) in [6, 6.07) is 12.3. The minimum atomic E-state index is -0.0768. The Morgan fingerprint density at radius 2 is 1.85 bits per heavy atom. The molecule has 1 amide bonds. The number of amides is 1. The summed E-state index contributed by atoms with van der Waals surface area (Å²) >= 11 is 0. The number of rotatable bonds is 2. The second-order valence-corrected chi connectivity index (χ2v) is 6.41. The topological polar surface area (TPSA) is 57.6 Å². The van der Waals surface area contributed by atoms with Crippen LogP contribution in [0, 0.1) is 0 Å². The molecule has 1 aromatic heterocycles. The number of hydrogen-bond acceptors (Lipinski definition) is 4. The lowest BCUT2D eigenvalue weighted by molar-refractivity contribution is -0.115. The van der Waals surface area contributed by atoms with Gasteiger partial charge in [-0.05, 0) is 23.3 Å². The number of aliphatic imine (C=N–C) groups is 1. The first-order valence-electron chi connectivity index (χ1n) is 8.58. The molecule has 4 heterocycles. The van der Waals surface area contributed by atoms with Crippen LogP contribution in [0.3, 0.4) is 0 Å². The van der Waals surface area contributed by atoms with Gasteiger partial charge in [0, 0.05) is 54.5 Å². The average molecular weight is 340 g/mol. The summed E-state index contributed by atoms with van der Waals surface area (Å²) < 4.78 is 0. The van der Waals surface area contributed by atoms with Crippen LogP contribution in [0.2, 0.25) is 0 Å². The zero-order valence-corrected chi connectivity index (χ0v) is 14.0. The first-order valence-corrected chi connectivity index (χ1v) is 8.58. The average Bonchev–Trinajstić information content (AvgIpc) is 3.03. The lowest BCUT2D eigenvalue weighted by atomic mass is 10.0. The van der Waals surface area contributed by atoms with Gasteiger partial charge >= 0.3 is 0 Å². The Hall–Kier alpha value is -3.47. The molecule has 26 heavy (non-hydrogen) atoms. The number of nitrogens with zero attached hydrogens (tertiary/aromatic N) is 3. The lowest BCUT2D eigenvalue weighted by Gasteiger charge is -2.27. The molecule has 3 aliphatic heterocycles. The molecule has 0 radical (unpaired) electrons. The van der Waals surface area contributed by atoms with E-state index in [0.29, 0.717) is 0 Å². The molecule has 0 unspecified atom stereocenters. The molecule has 0 atom stereocenters. The van der Waals surface area contributed by atoms with Gasteiger partial charge in [-0.2, -0.15) is 0 Å². The molecule has 126 valence electrons. The zero-order chi connectivity index (χ0) is 17.5. The standard InChI is InChI=1S/C21H16N4O/c26-19-8-7-17-13-23-21(25-11-9-18(24-19)20(17)25)15-5-3-14(4-6-15)16-2-1-10-22-12-16/h1-8,10,12-13H,9,11H2,(H,24,26). The van der Waals surface area contributed by atoms with Crippen molar-refractivity contribution in [3.8, 4) is 11.1 Å². The van der Waals surface area contributed by atoms with E-state index in [1.165, 1.54) is 0 Å². The van der Waals surface area contributed by atoms with Gasteiger partial charge < -0.3 is 10.2 Å². The van der Waals surface area contributed by atoms with Crippen molar-refractivity contribution in [3.05, 3.63) is 89.7 Å². The minimum absolute atomic E-state index is 0.0768. The lowest BCUT2D eigenvalue weighted by Crippen LogP contribution is -2.31. The number of amidine groups is 1. The SMILES string of the molecule is O=C1C=CC2=CN=C(c3ccc(-c4cccnc4)cc3)N3CCC(=C23)N1. The van der Waals surface area contributed by atoms with E-state index in [4.69, 9.17) is 0 Å². The number of pyridine rings is 1. The van der Waals surface area contributed by atoms with Crippen molar-refractivity contribution < 1.29 is 4.79 Å².